The van der Waals surface area contributed by atoms with Crippen LogP contribution in [0.2, 0.25) is 0 Å². The van der Waals surface area contributed by atoms with E-state index >= 15 is 0 Å². The summed E-state index contributed by atoms with van der Waals surface area (Å²) in [4.78, 5) is 24.3. The fourth-order valence-electron chi connectivity index (χ4n) is 2.55. The molecule has 2 amide bonds. The number of rotatable bonds is 5. The van der Waals surface area contributed by atoms with Crippen LogP contribution in [-0.4, -0.2) is 54.0 Å². The molecule has 1 fully saturated rings. The molecule has 2 N–H and O–H groups in total. The van der Waals surface area contributed by atoms with Gasteiger partial charge in [0, 0.05) is 13.2 Å². The van der Waals surface area contributed by atoms with Crippen molar-refractivity contribution in [1.82, 2.24) is 10.2 Å². The number of amides is 2. The van der Waals surface area contributed by atoms with E-state index in [0.717, 1.165) is 5.56 Å². The van der Waals surface area contributed by atoms with E-state index in [2.05, 4.69) is 5.32 Å². The van der Waals surface area contributed by atoms with Crippen LogP contribution < -0.4 is 5.32 Å². The van der Waals surface area contributed by atoms with Gasteiger partial charge in [-0.25, -0.2) is 9.59 Å². The van der Waals surface area contributed by atoms with Crippen LogP contribution in [-0.2, 0) is 16.1 Å². The molecule has 1 aliphatic rings. The largest absolute Gasteiger partial charge is 0.465 e. The number of carbonyl (C=O) groups excluding carboxylic acids is 1. The van der Waals surface area contributed by atoms with Crippen molar-refractivity contribution in [3.8, 4) is 0 Å². The third-order valence-corrected chi connectivity index (χ3v) is 3.73. The number of likely N-dealkylation sites (tertiary alicyclic amines) is 1. The van der Waals surface area contributed by atoms with Gasteiger partial charge in [-0.2, -0.15) is 0 Å². The van der Waals surface area contributed by atoms with Gasteiger partial charge in [-0.15, -0.1) is 0 Å². The number of carboxylic acid groups (broad SMARTS) is 1. The van der Waals surface area contributed by atoms with Crippen LogP contribution in [0.1, 0.15) is 18.9 Å². The van der Waals surface area contributed by atoms with Crippen LogP contribution >= 0.6 is 0 Å². The Balaban J connectivity index is 1.84. The third kappa shape index (κ3) is 5.14. The van der Waals surface area contributed by atoms with Gasteiger partial charge in [0.2, 0.25) is 0 Å². The highest BCUT2D eigenvalue weighted by Crippen LogP contribution is 2.15. The molecule has 1 aliphatic heterocycles. The lowest BCUT2D eigenvalue weighted by molar-refractivity contribution is -0.0125. The van der Waals surface area contributed by atoms with Crippen molar-refractivity contribution in [1.29, 1.82) is 0 Å². The second kappa shape index (κ2) is 8.38. The lowest BCUT2D eigenvalue weighted by Gasteiger charge is -2.36. The van der Waals surface area contributed by atoms with Gasteiger partial charge in [0.1, 0.15) is 6.61 Å². The molecule has 0 aliphatic carbocycles. The maximum atomic E-state index is 11.9. The van der Waals surface area contributed by atoms with Gasteiger partial charge in [-0.3, -0.25) is 0 Å². The highest BCUT2D eigenvalue weighted by atomic mass is 16.5. The average Bonchev–Trinajstić information content (AvgIpc) is 2.55. The molecule has 7 heteroatoms. The van der Waals surface area contributed by atoms with E-state index in [1.165, 1.54) is 4.90 Å². The summed E-state index contributed by atoms with van der Waals surface area (Å²) in [5.74, 6) is 0. The van der Waals surface area contributed by atoms with Crippen LogP contribution in [0.25, 0.3) is 0 Å². The number of nitrogens with zero attached hydrogens (tertiary/aromatic N) is 1. The number of hydrogen-bond donors (Lipinski definition) is 2. The molecule has 7 nitrogen and oxygen atoms in total. The summed E-state index contributed by atoms with van der Waals surface area (Å²) >= 11 is 0. The van der Waals surface area contributed by atoms with Crippen molar-refractivity contribution in [2.24, 2.45) is 0 Å². The lowest BCUT2D eigenvalue weighted by Crippen LogP contribution is -2.56. The molecule has 1 heterocycles. The summed E-state index contributed by atoms with van der Waals surface area (Å²) in [5.41, 5.74) is 0.907. The molecule has 1 aromatic carbocycles. The van der Waals surface area contributed by atoms with E-state index < -0.39 is 12.2 Å². The number of ether oxygens (including phenoxy) is 2. The topological polar surface area (TPSA) is 88.1 Å². The van der Waals surface area contributed by atoms with Crippen LogP contribution in [0, 0.1) is 0 Å². The molecule has 23 heavy (non-hydrogen) atoms. The van der Waals surface area contributed by atoms with Crippen molar-refractivity contribution in [3.05, 3.63) is 35.9 Å². The summed E-state index contributed by atoms with van der Waals surface area (Å²) in [6.07, 6.45) is -1.36. The Hall–Kier alpha value is -2.28. The monoisotopic (exact) mass is 322 g/mol. The van der Waals surface area contributed by atoms with E-state index in [9.17, 15) is 9.59 Å². The van der Waals surface area contributed by atoms with E-state index in [1.807, 2.05) is 37.3 Å². The Bertz CT molecular complexity index is 522. The minimum absolute atomic E-state index is 0.194. The van der Waals surface area contributed by atoms with Crippen molar-refractivity contribution < 1.29 is 24.2 Å². The molecule has 1 aromatic rings. The van der Waals surface area contributed by atoms with Gasteiger partial charge in [-0.05, 0) is 18.9 Å². The van der Waals surface area contributed by atoms with Crippen molar-refractivity contribution >= 4 is 12.2 Å². The minimum atomic E-state index is -0.972. The molecule has 2 rings (SSSR count). The molecular formula is C16H22N2O5. The number of piperidine rings is 1. The van der Waals surface area contributed by atoms with Crippen molar-refractivity contribution in [3.63, 3.8) is 0 Å². The van der Waals surface area contributed by atoms with E-state index in [4.69, 9.17) is 14.6 Å². The molecule has 0 radical (unpaired) electrons. The second-order valence-corrected chi connectivity index (χ2v) is 5.32. The summed E-state index contributed by atoms with van der Waals surface area (Å²) in [7, 11) is 0. The molecule has 126 valence electrons. The predicted octanol–water partition coefficient (Wildman–Crippen LogP) is 2.07. The van der Waals surface area contributed by atoms with Crippen LogP contribution in [0.15, 0.2) is 30.3 Å². The van der Waals surface area contributed by atoms with Gasteiger partial charge >= 0.3 is 12.2 Å². The van der Waals surface area contributed by atoms with Crippen LogP contribution in [0.4, 0.5) is 9.59 Å². The fourth-order valence-corrected chi connectivity index (χ4v) is 2.55. The molecule has 0 saturated carbocycles. The van der Waals surface area contributed by atoms with E-state index in [0.29, 0.717) is 19.6 Å². The molecule has 0 bridgehead atoms. The average molecular weight is 322 g/mol. The highest BCUT2D eigenvalue weighted by Gasteiger charge is 2.33. The Morgan fingerprint density at radius 2 is 2.09 bits per heavy atom. The van der Waals surface area contributed by atoms with E-state index in [1.54, 1.807) is 0 Å². The zero-order chi connectivity index (χ0) is 16.7. The van der Waals surface area contributed by atoms with Crippen molar-refractivity contribution in [2.75, 3.05) is 19.7 Å². The smallest absolute Gasteiger partial charge is 0.407 e. The quantitative estimate of drug-likeness (QED) is 0.866. The Morgan fingerprint density at radius 3 is 2.74 bits per heavy atom. The molecular weight excluding hydrogens is 300 g/mol. The number of hydrogen-bond acceptors (Lipinski definition) is 4. The highest BCUT2D eigenvalue weighted by molar-refractivity contribution is 5.68. The number of carbonyl (C=O) groups is 2. The first-order valence-corrected chi connectivity index (χ1v) is 7.66. The fraction of sp³-hybridized carbons (Fsp3) is 0.500. The predicted molar refractivity (Wildman–Crippen MR) is 83.2 cm³/mol. The molecule has 0 unspecified atom stereocenters. The zero-order valence-corrected chi connectivity index (χ0v) is 13.1. The summed E-state index contributed by atoms with van der Waals surface area (Å²) in [6.45, 7) is 3.09. The summed E-state index contributed by atoms with van der Waals surface area (Å²) in [5, 5.41) is 11.8. The number of nitrogens with one attached hydrogen (secondary N) is 1. The Kier molecular flexibility index (Phi) is 6.22. The maximum Gasteiger partial charge on any atom is 0.407 e. The lowest BCUT2D eigenvalue weighted by atomic mass is 10.0. The Morgan fingerprint density at radius 1 is 1.35 bits per heavy atom. The van der Waals surface area contributed by atoms with Crippen LogP contribution in [0.3, 0.4) is 0 Å². The van der Waals surface area contributed by atoms with Gasteiger partial charge in [0.25, 0.3) is 0 Å². The summed E-state index contributed by atoms with van der Waals surface area (Å²) in [6, 6.07) is 9.15. The zero-order valence-electron chi connectivity index (χ0n) is 13.1. The molecule has 2 atom stereocenters. The van der Waals surface area contributed by atoms with E-state index in [-0.39, 0.29) is 25.3 Å². The molecule has 1 saturated heterocycles. The van der Waals surface area contributed by atoms with Gasteiger partial charge in [-0.1, -0.05) is 30.3 Å². The first-order chi connectivity index (χ1) is 11.1. The number of alkyl carbamates (subject to hydrolysis) is 1. The SMILES string of the molecule is CCO[C@H]1CN(C(=O)O)CC[C@H]1NC(=O)OCc1ccccc1. The standard InChI is InChI=1S/C16H22N2O5/c1-2-22-14-10-18(16(20)21)9-8-13(14)17-15(19)23-11-12-6-4-3-5-7-12/h3-7,13-14H,2,8-11H2,1H3,(H,17,19)(H,20,21)/t13-,14+/m1/s1. The number of benzene rings is 1. The second-order valence-electron chi connectivity index (χ2n) is 5.32. The van der Waals surface area contributed by atoms with Gasteiger partial charge in [0.05, 0.1) is 18.7 Å². The maximum absolute atomic E-state index is 11.9. The summed E-state index contributed by atoms with van der Waals surface area (Å²) < 4.78 is 10.8. The third-order valence-electron chi connectivity index (χ3n) is 3.73. The molecule has 0 spiro atoms. The Labute approximate surface area is 135 Å². The normalized spacial score (nSPS) is 20.8. The van der Waals surface area contributed by atoms with Crippen LogP contribution in [0.5, 0.6) is 0 Å². The van der Waals surface area contributed by atoms with Gasteiger partial charge in [0.15, 0.2) is 0 Å². The van der Waals surface area contributed by atoms with Crippen molar-refractivity contribution in [2.45, 2.75) is 32.1 Å². The first-order valence-electron chi connectivity index (χ1n) is 7.66. The first kappa shape index (κ1) is 17.1. The van der Waals surface area contributed by atoms with Gasteiger partial charge < -0.3 is 24.8 Å². The molecule has 0 aromatic heterocycles. The minimum Gasteiger partial charge on any atom is -0.465 e.